The summed E-state index contributed by atoms with van der Waals surface area (Å²) in [4.78, 5) is 13.6. The van der Waals surface area contributed by atoms with Gasteiger partial charge in [-0.3, -0.25) is 9.97 Å². The molecule has 4 heterocycles. The van der Waals surface area contributed by atoms with E-state index in [1.54, 1.807) is 22.7 Å². The molecule has 4 nitrogen and oxygen atoms in total. The van der Waals surface area contributed by atoms with E-state index < -0.39 is 0 Å². The van der Waals surface area contributed by atoms with Gasteiger partial charge in [0.2, 0.25) is 0 Å². The van der Waals surface area contributed by atoms with Crippen molar-refractivity contribution in [3.63, 3.8) is 0 Å². The van der Waals surface area contributed by atoms with Crippen molar-refractivity contribution in [2.75, 3.05) is 9.80 Å². The highest BCUT2D eigenvalue weighted by molar-refractivity contribution is 7.14. The SMILES string of the molecule is CC(C)(C)c1c2ccc(N(c3cccnc3)c3cccs3)cc2c(C(C)(C)C)c2ccc(N(c3cccnc3)c3cccs3)cc12. The van der Waals surface area contributed by atoms with Gasteiger partial charge in [-0.05, 0) is 127 Å². The molecule has 46 heavy (non-hydrogen) atoms. The molecule has 0 aliphatic heterocycles. The van der Waals surface area contributed by atoms with Gasteiger partial charge in [-0.25, -0.2) is 0 Å². The van der Waals surface area contributed by atoms with Crippen LogP contribution in [0.4, 0.5) is 32.8 Å². The Morgan fingerprint density at radius 3 is 1.24 bits per heavy atom. The van der Waals surface area contributed by atoms with Gasteiger partial charge in [0.05, 0.1) is 33.8 Å². The Labute approximate surface area is 279 Å². The molecule has 0 unspecified atom stereocenters. The minimum atomic E-state index is -0.105. The summed E-state index contributed by atoms with van der Waals surface area (Å²) in [5.41, 5.74) is 6.87. The monoisotopic (exact) mass is 638 g/mol. The first-order valence-electron chi connectivity index (χ1n) is 15.6. The number of thiophene rings is 2. The van der Waals surface area contributed by atoms with Gasteiger partial charge >= 0.3 is 0 Å². The summed E-state index contributed by atoms with van der Waals surface area (Å²) in [6.07, 6.45) is 7.55. The van der Waals surface area contributed by atoms with Gasteiger partial charge in [0.15, 0.2) is 0 Å². The van der Waals surface area contributed by atoms with Crippen LogP contribution in [0.15, 0.2) is 120 Å². The second-order valence-corrected chi connectivity index (χ2v) is 15.6. The number of benzene rings is 3. The van der Waals surface area contributed by atoms with Gasteiger partial charge < -0.3 is 9.80 Å². The van der Waals surface area contributed by atoms with E-state index >= 15 is 0 Å². The fourth-order valence-corrected chi connectivity index (χ4v) is 8.21. The maximum Gasteiger partial charge on any atom is 0.0999 e. The van der Waals surface area contributed by atoms with E-state index in [9.17, 15) is 0 Å². The van der Waals surface area contributed by atoms with Gasteiger partial charge in [0.25, 0.3) is 0 Å². The Morgan fingerprint density at radius 2 is 0.913 bits per heavy atom. The summed E-state index contributed by atoms with van der Waals surface area (Å²) in [5, 5.41) is 11.8. The fourth-order valence-electron chi connectivity index (χ4n) is 6.67. The van der Waals surface area contributed by atoms with E-state index in [1.807, 2.05) is 36.9 Å². The van der Waals surface area contributed by atoms with Gasteiger partial charge in [0, 0.05) is 23.8 Å². The Kier molecular flexibility index (Phi) is 7.66. The lowest BCUT2D eigenvalue weighted by atomic mass is 9.74. The van der Waals surface area contributed by atoms with Crippen LogP contribution in [0.2, 0.25) is 0 Å². The van der Waals surface area contributed by atoms with Crippen LogP contribution in [0.5, 0.6) is 0 Å². The molecule has 230 valence electrons. The van der Waals surface area contributed by atoms with Gasteiger partial charge in [-0.1, -0.05) is 53.7 Å². The lowest BCUT2D eigenvalue weighted by Crippen LogP contribution is -2.18. The summed E-state index contributed by atoms with van der Waals surface area (Å²) >= 11 is 3.47. The molecular formula is C40H38N4S2. The quantitative estimate of drug-likeness (QED) is 0.170. The Hall–Kier alpha value is -4.52. The number of aromatic nitrogens is 2. The van der Waals surface area contributed by atoms with E-state index in [4.69, 9.17) is 0 Å². The van der Waals surface area contributed by atoms with Crippen molar-refractivity contribution in [2.45, 2.75) is 52.4 Å². The number of hydrogen-bond donors (Lipinski definition) is 0. The minimum absolute atomic E-state index is 0.105. The Bertz CT molecular complexity index is 1950. The van der Waals surface area contributed by atoms with E-state index in [-0.39, 0.29) is 10.8 Å². The Morgan fingerprint density at radius 1 is 0.478 bits per heavy atom. The zero-order valence-electron chi connectivity index (χ0n) is 27.2. The number of rotatable bonds is 6. The van der Waals surface area contributed by atoms with Gasteiger partial charge in [-0.2, -0.15) is 0 Å². The molecule has 0 radical (unpaired) electrons. The molecule has 0 fully saturated rings. The first-order chi connectivity index (χ1) is 22.1. The van der Waals surface area contributed by atoms with E-state index in [0.29, 0.717) is 0 Å². The summed E-state index contributed by atoms with van der Waals surface area (Å²) < 4.78 is 0. The molecule has 0 aliphatic carbocycles. The topological polar surface area (TPSA) is 32.3 Å². The first-order valence-corrected chi connectivity index (χ1v) is 17.4. The van der Waals surface area contributed by atoms with Crippen molar-refractivity contribution >= 4 is 77.0 Å². The standard InChI is InChI=1S/C40H38N4S2/c1-39(2,3)37-31-17-15-28(44(36-14-10-22-46-36)30-12-8-20-42-26-30)24-34(31)38(40(4,5)6)32-18-16-27(23-33(32)37)43(35-13-9-21-45-35)29-11-7-19-41-25-29/h7-26H,1-6H3. The van der Waals surface area contributed by atoms with Gasteiger partial charge in [0.1, 0.15) is 0 Å². The number of hydrogen-bond acceptors (Lipinski definition) is 6. The van der Waals surface area contributed by atoms with Crippen LogP contribution in [0.25, 0.3) is 21.5 Å². The summed E-state index contributed by atoms with van der Waals surface area (Å²) in [7, 11) is 0. The fraction of sp³-hybridized carbons (Fsp3) is 0.200. The average Bonchev–Trinajstić information content (AvgIpc) is 3.76. The van der Waals surface area contributed by atoms with E-state index in [1.165, 1.54) is 32.7 Å². The van der Waals surface area contributed by atoms with E-state index in [2.05, 4.69) is 145 Å². The zero-order valence-corrected chi connectivity index (χ0v) is 28.8. The molecule has 0 N–H and O–H groups in total. The third-order valence-corrected chi connectivity index (χ3v) is 10.1. The second-order valence-electron chi connectivity index (χ2n) is 13.7. The minimum Gasteiger partial charge on any atom is -0.300 e. The predicted octanol–water partition coefficient (Wildman–Crippen LogP) is 12.4. The van der Waals surface area contributed by atoms with Crippen LogP contribution < -0.4 is 9.80 Å². The number of fused-ring (bicyclic) bond motifs is 2. The van der Waals surface area contributed by atoms with Crippen LogP contribution in [0, 0.1) is 0 Å². The summed E-state index contributed by atoms with van der Waals surface area (Å²) in [5.74, 6) is 0. The lowest BCUT2D eigenvalue weighted by molar-refractivity contribution is 0.593. The maximum absolute atomic E-state index is 4.47. The molecule has 0 amide bonds. The molecule has 6 heteroatoms. The second kappa shape index (κ2) is 11.7. The number of nitrogens with zero attached hydrogens (tertiary/aromatic N) is 4. The lowest BCUT2D eigenvalue weighted by Gasteiger charge is -2.32. The van der Waals surface area contributed by atoms with Crippen molar-refractivity contribution in [1.82, 2.24) is 9.97 Å². The van der Waals surface area contributed by atoms with Crippen LogP contribution in [0.3, 0.4) is 0 Å². The normalized spacial score (nSPS) is 12.1. The smallest absolute Gasteiger partial charge is 0.0999 e. The van der Waals surface area contributed by atoms with Crippen LogP contribution in [-0.2, 0) is 10.8 Å². The average molecular weight is 639 g/mol. The molecule has 0 spiro atoms. The van der Waals surface area contributed by atoms with Crippen molar-refractivity contribution in [1.29, 1.82) is 0 Å². The number of pyridine rings is 2. The Balaban J connectivity index is 1.54. The highest BCUT2D eigenvalue weighted by Gasteiger charge is 2.29. The molecule has 0 saturated heterocycles. The summed E-state index contributed by atoms with van der Waals surface area (Å²) in [6.45, 7) is 14.0. The molecule has 7 aromatic rings. The van der Waals surface area contributed by atoms with Crippen molar-refractivity contribution in [3.8, 4) is 0 Å². The van der Waals surface area contributed by atoms with Crippen LogP contribution in [0.1, 0.15) is 52.7 Å². The molecule has 0 bridgehead atoms. The summed E-state index contributed by atoms with van der Waals surface area (Å²) in [6, 6.07) is 30.9. The molecule has 4 aromatic heterocycles. The molecule has 3 aromatic carbocycles. The van der Waals surface area contributed by atoms with Gasteiger partial charge in [-0.15, -0.1) is 22.7 Å². The van der Waals surface area contributed by atoms with Crippen LogP contribution >= 0.6 is 22.7 Å². The van der Waals surface area contributed by atoms with Crippen LogP contribution in [-0.4, -0.2) is 9.97 Å². The largest absolute Gasteiger partial charge is 0.300 e. The van der Waals surface area contributed by atoms with Crippen molar-refractivity contribution < 1.29 is 0 Å². The third kappa shape index (κ3) is 5.46. The molecule has 0 atom stereocenters. The highest BCUT2D eigenvalue weighted by Crippen LogP contribution is 2.48. The predicted molar refractivity (Wildman–Crippen MR) is 200 cm³/mol. The molecule has 0 aliphatic rings. The van der Waals surface area contributed by atoms with Crippen molar-refractivity contribution in [2.24, 2.45) is 0 Å². The molecular weight excluding hydrogens is 601 g/mol. The molecule has 7 rings (SSSR count). The third-order valence-electron chi connectivity index (χ3n) is 8.36. The molecule has 0 saturated carbocycles. The first kappa shape index (κ1) is 30.2. The van der Waals surface area contributed by atoms with E-state index in [0.717, 1.165) is 32.8 Å². The zero-order chi connectivity index (χ0) is 32.1. The van der Waals surface area contributed by atoms with Crippen molar-refractivity contribution in [3.05, 3.63) is 132 Å². The highest BCUT2D eigenvalue weighted by atomic mass is 32.1. The number of anilines is 6. The maximum atomic E-state index is 4.47.